The molecule has 0 unspecified atom stereocenters. The van der Waals surface area contributed by atoms with Gasteiger partial charge in [-0.3, -0.25) is 0 Å². The summed E-state index contributed by atoms with van der Waals surface area (Å²) in [5, 5.41) is 3.62. The second kappa shape index (κ2) is 3.05. The van der Waals surface area contributed by atoms with Crippen LogP contribution in [-0.2, 0) is 9.53 Å². The Labute approximate surface area is 63.9 Å². The van der Waals surface area contributed by atoms with Crippen LogP contribution in [0.15, 0.2) is 16.9 Å². The van der Waals surface area contributed by atoms with Crippen molar-refractivity contribution in [1.82, 2.24) is 5.32 Å². The minimum absolute atomic E-state index is 0.0908. The van der Waals surface area contributed by atoms with Crippen LogP contribution in [0.1, 0.15) is 6.92 Å². The molecule has 0 amide bonds. The summed E-state index contributed by atoms with van der Waals surface area (Å²) in [4.78, 5) is 14.5. The van der Waals surface area contributed by atoms with Gasteiger partial charge in [-0.2, -0.15) is 0 Å². The Morgan fingerprint density at radius 2 is 2.55 bits per heavy atom. The summed E-state index contributed by atoms with van der Waals surface area (Å²) in [5.41, 5.74) is 5.34. The molecule has 11 heavy (non-hydrogen) atoms. The maximum Gasteiger partial charge on any atom is 0.358 e. The Hall–Kier alpha value is -1.52. The highest BCUT2D eigenvalue weighted by molar-refractivity contribution is 5.96. The second-order valence-electron chi connectivity index (χ2n) is 1.83. The van der Waals surface area contributed by atoms with Crippen molar-refractivity contribution >= 4 is 11.9 Å². The molecule has 1 aliphatic rings. The van der Waals surface area contributed by atoms with Crippen LogP contribution in [-0.4, -0.2) is 18.5 Å². The number of guanidine groups is 1. The van der Waals surface area contributed by atoms with Crippen molar-refractivity contribution in [3.8, 4) is 0 Å². The molecule has 0 aliphatic carbocycles. The fourth-order valence-corrected chi connectivity index (χ4v) is 0.612. The average molecular weight is 154 g/mol. The third-order valence-corrected chi connectivity index (χ3v) is 1.04. The lowest BCUT2D eigenvalue weighted by Crippen LogP contribution is -2.24. The van der Waals surface area contributed by atoms with Crippen molar-refractivity contribution in [2.45, 2.75) is 6.92 Å². The molecule has 0 spiro atoms. The average Bonchev–Trinajstić information content (AvgIpc) is 2.36. The van der Waals surface area contributed by atoms with Gasteiger partial charge in [-0.25, -0.2) is 15.1 Å². The molecule has 0 saturated carbocycles. The molecule has 2 N–H and O–H groups in total. The summed E-state index contributed by atoms with van der Waals surface area (Å²) < 4.78 is 4.64. The van der Waals surface area contributed by atoms with E-state index in [1.807, 2.05) is 0 Å². The van der Waals surface area contributed by atoms with E-state index in [1.54, 1.807) is 6.92 Å². The van der Waals surface area contributed by atoms with E-state index in [9.17, 15) is 4.79 Å². The Bertz CT molecular complexity index is 232. The van der Waals surface area contributed by atoms with Crippen LogP contribution in [0.3, 0.4) is 0 Å². The van der Waals surface area contributed by atoms with E-state index < -0.39 is 5.97 Å². The first-order valence-electron chi connectivity index (χ1n) is 3.16. The molecule has 0 aromatic carbocycles. The van der Waals surface area contributed by atoms with Gasteiger partial charge in [-0.05, 0) is 6.92 Å². The van der Waals surface area contributed by atoms with Gasteiger partial charge in [0.05, 0.1) is 12.8 Å². The van der Waals surface area contributed by atoms with Gasteiger partial charge in [-0.15, -0.1) is 0 Å². The van der Waals surface area contributed by atoms with Crippen molar-refractivity contribution in [2.24, 2.45) is 10.7 Å². The van der Waals surface area contributed by atoms with E-state index >= 15 is 0 Å². The Morgan fingerprint density at radius 1 is 1.82 bits per heavy atom. The number of aliphatic imine (C=N–C) groups is 1. The second-order valence-corrected chi connectivity index (χ2v) is 1.83. The number of carbonyl (C=O) groups excluding carboxylic acids is 1. The molecule has 1 rings (SSSR count). The van der Waals surface area contributed by atoms with Crippen LogP contribution in [0.2, 0.25) is 0 Å². The minimum Gasteiger partial charge on any atom is -0.461 e. The molecule has 0 aromatic heterocycles. The lowest BCUT2D eigenvalue weighted by molar-refractivity contribution is -0.138. The van der Waals surface area contributed by atoms with Crippen molar-refractivity contribution < 1.29 is 9.53 Å². The van der Waals surface area contributed by atoms with E-state index in [0.717, 1.165) is 0 Å². The summed E-state index contributed by atoms with van der Waals surface area (Å²) in [6.07, 6.45) is 1.29. The quantitative estimate of drug-likeness (QED) is 0.535. The third kappa shape index (κ3) is 1.70. The fourth-order valence-electron chi connectivity index (χ4n) is 0.612. The fraction of sp³-hybridized carbons (Fsp3) is 0.333. The van der Waals surface area contributed by atoms with E-state index in [4.69, 9.17) is 5.73 Å². The van der Waals surface area contributed by atoms with E-state index in [1.165, 1.54) is 6.20 Å². The molecule has 5 nitrogen and oxygen atoms in total. The summed E-state index contributed by atoms with van der Waals surface area (Å²) in [6.45, 7) is 2.04. The predicted octanol–water partition coefficient (Wildman–Crippen LogP) is -0.676. The predicted molar refractivity (Wildman–Crippen MR) is 38.5 cm³/mol. The van der Waals surface area contributed by atoms with Crippen LogP contribution in [0.4, 0.5) is 0 Å². The minimum atomic E-state index is -0.489. The third-order valence-electron chi connectivity index (χ3n) is 1.04. The SMILES string of the molecule is CCOC(=O)C1=CN=C(N)[N]1. The zero-order valence-corrected chi connectivity index (χ0v) is 6.07. The molecule has 0 atom stereocenters. The molecule has 0 fully saturated rings. The Morgan fingerprint density at radius 3 is 3.00 bits per heavy atom. The summed E-state index contributed by atoms with van der Waals surface area (Å²) in [7, 11) is 0. The van der Waals surface area contributed by atoms with Gasteiger partial charge < -0.3 is 10.5 Å². The smallest absolute Gasteiger partial charge is 0.358 e. The van der Waals surface area contributed by atoms with Crippen molar-refractivity contribution in [3.05, 3.63) is 11.9 Å². The van der Waals surface area contributed by atoms with Gasteiger partial charge in [-0.1, -0.05) is 0 Å². The number of ether oxygens (including phenoxy) is 1. The molecule has 1 heterocycles. The lowest BCUT2D eigenvalue weighted by Gasteiger charge is -1.99. The van der Waals surface area contributed by atoms with E-state index in [-0.39, 0.29) is 11.7 Å². The highest BCUT2D eigenvalue weighted by Gasteiger charge is 2.16. The first-order chi connectivity index (χ1) is 5.24. The number of hydrogen-bond donors (Lipinski definition) is 1. The molecular formula is C6H8N3O2. The number of nitrogens with two attached hydrogens (primary N) is 1. The monoisotopic (exact) mass is 154 g/mol. The van der Waals surface area contributed by atoms with Gasteiger partial charge in [0, 0.05) is 0 Å². The number of carbonyl (C=O) groups is 1. The number of esters is 1. The van der Waals surface area contributed by atoms with Crippen molar-refractivity contribution in [1.29, 1.82) is 0 Å². The van der Waals surface area contributed by atoms with E-state index in [0.29, 0.717) is 6.61 Å². The maximum atomic E-state index is 10.9. The number of hydrogen-bond acceptors (Lipinski definition) is 4. The molecule has 0 saturated heterocycles. The van der Waals surface area contributed by atoms with Crippen molar-refractivity contribution in [2.75, 3.05) is 6.61 Å². The number of nitrogens with zero attached hydrogens (tertiary/aromatic N) is 2. The van der Waals surface area contributed by atoms with Crippen molar-refractivity contribution in [3.63, 3.8) is 0 Å². The van der Waals surface area contributed by atoms with Gasteiger partial charge in [0.1, 0.15) is 0 Å². The van der Waals surface area contributed by atoms with Gasteiger partial charge in [0.15, 0.2) is 5.70 Å². The molecule has 0 aromatic rings. The van der Waals surface area contributed by atoms with Gasteiger partial charge in [0.2, 0.25) is 5.96 Å². The zero-order chi connectivity index (χ0) is 8.27. The standard InChI is InChI=1S/C6H8N3O2/c1-2-11-5(10)4-3-8-6(7)9-4/h3H,2H2,1H3,(H2,7,8). The first-order valence-corrected chi connectivity index (χ1v) is 3.16. The Balaban J connectivity index is 2.47. The van der Waals surface area contributed by atoms with Crippen LogP contribution >= 0.6 is 0 Å². The molecule has 1 aliphatic heterocycles. The highest BCUT2D eigenvalue weighted by atomic mass is 16.5. The van der Waals surface area contributed by atoms with Crippen LogP contribution < -0.4 is 11.1 Å². The molecule has 5 heteroatoms. The van der Waals surface area contributed by atoms with E-state index in [2.05, 4.69) is 15.0 Å². The normalized spacial score (nSPS) is 15.0. The summed E-state index contributed by atoms with van der Waals surface area (Å²) >= 11 is 0. The largest absolute Gasteiger partial charge is 0.461 e. The Kier molecular flexibility index (Phi) is 2.10. The highest BCUT2D eigenvalue weighted by Crippen LogP contribution is 2.01. The molecular weight excluding hydrogens is 146 g/mol. The lowest BCUT2D eigenvalue weighted by atomic mass is 10.5. The number of rotatable bonds is 2. The maximum absolute atomic E-state index is 10.9. The van der Waals surface area contributed by atoms with Crippen LogP contribution in [0.5, 0.6) is 0 Å². The molecule has 0 bridgehead atoms. The molecule has 59 valence electrons. The zero-order valence-electron chi connectivity index (χ0n) is 6.07. The first kappa shape index (κ1) is 7.59. The molecule has 1 radical (unpaired) electrons. The van der Waals surface area contributed by atoms with Crippen LogP contribution in [0.25, 0.3) is 0 Å². The summed E-state index contributed by atoms with van der Waals surface area (Å²) in [6, 6.07) is 0. The summed E-state index contributed by atoms with van der Waals surface area (Å²) in [5.74, 6) is -0.398. The van der Waals surface area contributed by atoms with Crippen LogP contribution in [0, 0.1) is 0 Å². The topological polar surface area (TPSA) is 78.8 Å². The van der Waals surface area contributed by atoms with Gasteiger partial charge >= 0.3 is 5.97 Å². The van der Waals surface area contributed by atoms with Gasteiger partial charge in [0.25, 0.3) is 0 Å².